The number of halogens is 2. The van der Waals surface area contributed by atoms with Gasteiger partial charge in [-0.15, -0.1) is 0 Å². The molecule has 0 radical (unpaired) electrons. The average molecular weight is 847 g/mol. The predicted molar refractivity (Wildman–Crippen MR) is 258 cm³/mol. The SMILES string of the molecule is CC12CCC(C)(CC1)c1cc3c4cc(C(C)(C)C)cc5c6c(F)c7c(c(F)c6n(c3cc1C2=O)c45)c1cc2cc(C(C)(C)C)ccc2c2c3cc4c(cc3n7c12)C(=O)C1CCC4CC1. The average Bonchev–Trinajstić information content (AvgIpc) is 3.93. The summed E-state index contributed by atoms with van der Waals surface area (Å²) in [7, 11) is 0. The van der Waals surface area contributed by atoms with Crippen molar-refractivity contribution in [1.82, 2.24) is 8.80 Å². The number of nitrogens with zero attached hydrogens (tertiary/aromatic N) is 2. The van der Waals surface area contributed by atoms with E-state index in [1.165, 1.54) is 5.56 Å². The molecule has 2 fully saturated rings. The standard InChI is InChI=1S/C58H52F2N2O2/c1-55(2,3)30-13-14-32-29(19-30)20-39-45-47(59)51-46(48(60)52(45)62-43-25-36-33(23-38(43)44(32)50(39)62)27-9-11-28(12-10-27)53(36)63)40-22-31(56(4,5)6)21-35-34-24-41-37(26-42(34)61(51)49(35)40)54(64)58(8)17-15-57(41,7)16-18-58/h13-14,19-28H,9-12,15-18H2,1-8H3. The number of aromatic nitrogens is 2. The van der Waals surface area contributed by atoms with Crippen molar-refractivity contribution in [1.29, 1.82) is 0 Å². The van der Waals surface area contributed by atoms with Crippen molar-refractivity contribution in [2.45, 2.75) is 129 Å². The van der Waals surface area contributed by atoms with E-state index in [9.17, 15) is 9.59 Å². The van der Waals surface area contributed by atoms with Gasteiger partial charge in [0.05, 0.1) is 33.1 Å². The Morgan fingerprint density at radius 2 is 1.11 bits per heavy atom. The highest BCUT2D eigenvalue weighted by molar-refractivity contribution is 6.34. The van der Waals surface area contributed by atoms with E-state index < -0.39 is 17.0 Å². The third-order valence-electron chi connectivity index (χ3n) is 17.8. The Kier molecular flexibility index (Phi) is 6.73. The summed E-state index contributed by atoms with van der Waals surface area (Å²) < 4.78 is 41.6. The van der Waals surface area contributed by atoms with Crippen LogP contribution in [0.3, 0.4) is 0 Å². The Hall–Kier alpha value is -5.62. The molecule has 4 bridgehead atoms. The smallest absolute Gasteiger partial charge is 0.169 e. The second-order valence-electron chi connectivity index (χ2n) is 23.5. The van der Waals surface area contributed by atoms with Crippen LogP contribution in [0.25, 0.3) is 87.0 Å². The lowest BCUT2D eigenvalue weighted by molar-refractivity contribution is 0.0731. The van der Waals surface area contributed by atoms with Crippen molar-refractivity contribution in [2.75, 3.05) is 0 Å². The van der Waals surface area contributed by atoms with E-state index in [0.717, 1.165) is 134 Å². The lowest BCUT2D eigenvalue weighted by atomic mass is 9.65. The van der Waals surface area contributed by atoms with Gasteiger partial charge in [0.25, 0.3) is 0 Å². The van der Waals surface area contributed by atoms with Crippen LogP contribution in [-0.2, 0) is 16.2 Å². The minimum Gasteiger partial charge on any atom is -0.305 e. The fraction of sp³-hybridized carbons (Fsp3) is 0.379. The predicted octanol–water partition coefficient (Wildman–Crippen LogP) is 15.5. The van der Waals surface area contributed by atoms with Gasteiger partial charge in [-0.05, 0) is 149 Å². The largest absolute Gasteiger partial charge is 0.305 e. The summed E-state index contributed by atoms with van der Waals surface area (Å²) in [5.74, 6) is -0.260. The molecule has 4 aromatic heterocycles. The van der Waals surface area contributed by atoms with Crippen LogP contribution in [-0.4, -0.2) is 20.4 Å². The number of carbonyl (C=O) groups is 2. The normalized spacial score (nSPS) is 24.1. The molecule has 2 saturated carbocycles. The lowest BCUT2D eigenvalue weighted by Crippen LogP contribution is -2.33. The third kappa shape index (κ3) is 4.35. The first-order valence-corrected chi connectivity index (χ1v) is 23.8. The first kappa shape index (κ1) is 37.7. The van der Waals surface area contributed by atoms with Gasteiger partial charge in [0.15, 0.2) is 23.2 Å². The van der Waals surface area contributed by atoms with Gasteiger partial charge in [0.1, 0.15) is 0 Å². The summed E-state index contributed by atoms with van der Waals surface area (Å²) in [6.45, 7) is 17.6. The quantitative estimate of drug-likeness (QED) is 0.153. The van der Waals surface area contributed by atoms with Crippen LogP contribution in [0, 0.1) is 23.0 Å². The van der Waals surface area contributed by atoms with Gasteiger partial charge >= 0.3 is 0 Å². The molecule has 4 nitrogen and oxygen atoms in total. The van der Waals surface area contributed by atoms with E-state index in [1.807, 2.05) is 20.9 Å². The van der Waals surface area contributed by atoms with Gasteiger partial charge in [-0.25, -0.2) is 8.78 Å². The summed E-state index contributed by atoms with van der Waals surface area (Å²) in [4.78, 5) is 28.9. The van der Waals surface area contributed by atoms with Crippen LogP contribution >= 0.6 is 0 Å². The third-order valence-corrected chi connectivity index (χ3v) is 17.8. The van der Waals surface area contributed by atoms with Crippen LogP contribution < -0.4 is 0 Å². The second kappa shape index (κ2) is 11.4. The number of rotatable bonds is 0. The second-order valence-corrected chi connectivity index (χ2v) is 23.5. The van der Waals surface area contributed by atoms with Crippen molar-refractivity contribution in [3.8, 4) is 0 Å². The van der Waals surface area contributed by atoms with Crippen LogP contribution in [0.5, 0.6) is 0 Å². The molecule has 0 unspecified atom stereocenters. The molecule has 16 rings (SSSR count). The monoisotopic (exact) mass is 846 g/mol. The number of benzene rings is 6. The summed E-state index contributed by atoms with van der Waals surface area (Å²) in [6.07, 6.45) is 7.38. The van der Waals surface area contributed by atoms with E-state index in [0.29, 0.717) is 16.7 Å². The summed E-state index contributed by atoms with van der Waals surface area (Å²) in [5.41, 5.74) is 8.42. The molecule has 0 atom stereocenters. The highest BCUT2D eigenvalue weighted by atomic mass is 19.1. The molecule has 4 heterocycles. The van der Waals surface area contributed by atoms with Crippen molar-refractivity contribution in [3.05, 3.63) is 106 Å². The molecule has 6 aliphatic carbocycles. The van der Waals surface area contributed by atoms with Crippen molar-refractivity contribution < 1.29 is 18.4 Å². The number of hydrogen-bond donors (Lipinski definition) is 0. The van der Waals surface area contributed by atoms with Gasteiger partial charge in [-0.2, -0.15) is 0 Å². The zero-order chi connectivity index (χ0) is 44.0. The molecule has 0 amide bonds. The minimum atomic E-state index is -0.465. The van der Waals surface area contributed by atoms with Gasteiger partial charge in [-0.3, -0.25) is 9.59 Å². The first-order valence-electron chi connectivity index (χ1n) is 23.8. The molecule has 10 aromatic rings. The topological polar surface area (TPSA) is 43.0 Å². The van der Waals surface area contributed by atoms with E-state index in [1.54, 1.807) is 0 Å². The summed E-state index contributed by atoms with van der Waals surface area (Å²) in [5, 5.41) is 7.80. The number of ketones is 2. The summed E-state index contributed by atoms with van der Waals surface area (Å²) >= 11 is 0. The molecule has 0 aliphatic heterocycles. The highest BCUT2D eigenvalue weighted by Gasteiger charge is 2.49. The summed E-state index contributed by atoms with van der Waals surface area (Å²) in [6, 6.07) is 21.6. The molecule has 320 valence electrons. The number of carbonyl (C=O) groups excluding carboxylic acids is 2. The molecule has 0 N–H and O–H groups in total. The fourth-order valence-corrected chi connectivity index (χ4v) is 13.8. The van der Waals surface area contributed by atoms with Crippen molar-refractivity contribution >= 4 is 98.5 Å². The van der Waals surface area contributed by atoms with Gasteiger partial charge in [-0.1, -0.05) is 73.6 Å². The molecule has 0 spiro atoms. The Morgan fingerprint density at radius 1 is 0.531 bits per heavy atom. The van der Waals surface area contributed by atoms with Gasteiger partial charge in [0, 0.05) is 65.5 Å². The van der Waals surface area contributed by atoms with Crippen LogP contribution in [0.2, 0.25) is 0 Å². The first-order chi connectivity index (χ1) is 30.4. The van der Waals surface area contributed by atoms with E-state index >= 15 is 8.78 Å². The van der Waals surface area contributed by atoms with Crippen molar-refractivity contribution in [3.63, 3.8) is 0 Å². The molecule has 6 heteroatoms. The van der Waals surface area contributed by atoms with Crippen LogP contribution in [0.1, 0.15) is 156 Å². The molecule has 6 aliphatic rings. The zero-order valence-electron chi connectivity index (χ0n) is 38.1. The Bertz CT molecular complexity index is 3850. The van der Waals surface area contributed by atoms with Gasteiger partial charge < -0.3 is 8.80 Å². The molecular weight excluding hydrogens is 795 g/mol. The Balaban J connectivity index is 1.21. The maximum atomic E-state index is 18.8. The Labute approximate surface area is 370 Å². The Morgan fingerprint density at radius 3 is 1.78 bits per heavy atom. The zero-order valence-corrected chi connectivity index (χ0v) is 38.1. The minimum absolute atomic E-state index is 0.00289. The maximum absolute atomic E-state index is 18.8. The van der Waals surface area contributed by atoms with E-state index in [-0.39, 0.29) is 55.5 Å². The molecular formula is C58H52F2N2O2. The molecule has 64 heavy (non-hydrogen) atoms. The van der Waals surface area contributed by atoms with E-state index in [4.69, 9.17) is 0 Å². The molecule has 0 saturated heterocycles. The van der Waals surface area contributed by atoms with Crippen LogP contribution in [0.15, 0.2) is 60.7 Å². The van der Waals surface area contributed by atoms with E-state index in [2.05, 4.69) is 104 Å². The number of fused-ring (bicyclic) bond motifs is 18. The van der Waals surface area contributed by atoms with Crippen molar-refractivity contribution in [2.24, 2.45) is 11.3 Å². The maximum Gasteiger partial charge on any atom is 0.169 e. The fourth-order valence-electron chi connectivity index (χ4n) is 13.8. The lowest BCUT2D eigenvalue weighted by Gasteiger charge is -2.38. The number of Topliss-reactive ketones (excluding diaryl/α,β-unsaturated/α-hetero) is 2. The van der Waals surface area contributed by atoms with Gasteiger partial charge in [0.2, 0.25) is 0 Å². The molecule has 6 aromatic carbocycles. The highest BCUT2D eigenvalue weighted by Crippen LogP contribution is 2.56. The van der Waals surface area contributed by atoms with Crippen LogP contribution in [0.4, 0.5) is 8.78 Å². The number of hydrogen-bond acceptors (Lipinski definition) is 2.